The average Bonchev–Trinajstić information content (AvgIpc) is 3.35. The molecule has 2 fully saturated rings. The lowest BCUT2D eigenvalue weighted by Gasteiger charge is -2.34. The topological polar surface area (TPSA) is 77.6 Å². The van der Waals surface area contributed by atoms with Crippen molar-refractivity contribution in [3.05, 3.63) is 193 Å². The number of aryl methyl sites for hydroxylation is 2. The Morgan fingerprint density at radius 3 is 1.39 bits per heavy atom. The molecule has 2 aliphatic heterocycles. The Kier molecular flexibility index (Phi) is 35.4. The summed E-state index contributed by atoms with van der Waals surface area (Å²) in [6.45, 7) is 42.1. The van der Waals surface area contributed by atoms with E-state index in [1.165, 1.54) is 24.5 Å². The maximum absolute atomic E-state index is 13.2. The summed E-state index contributed by atoms with van der Waals surface area (Å²) in [7, 11) is 0. The van der Waals surface area contributed by atoms with Gasteiger partial charge in [-0.15, -0.1) is 19.7 Å². The molecule has 0 atom stereocenters. The van der Waals surface area contributed by atoms with Crippen molar-refractivity contribution in [2.75, 3.05) is 37.8 Å². The number of amides is 2. The zero-order valence-electron chi connectivity index (χ0n) is 44.3. The molecule has 5 rings (SSSR count). The normalized spacial score (nSPS) is 14.0. The molecule has 3 aromatic rings. The number of allylic oxidation sites excluding steroid dienone is 13. The number of rotatable bonds is 14. The number of hydrogen-bond donors (Lipinski definition) is 2. The predicted molar refractivity (Wildman–Crippen MR) is 301 cm³/mol. The van der Waals surface area contributed by atoms with Crippen LogP contribution in [-0.4, -0.2) is 66.6 Å². The maximum Gasteiger partial charge on any atom is 0.251 e. The van der Waals surface area contributed by atoms with Crippen molar-refractivity contribution in [3.63, 3.8) is 0 Å². The summed E-state index contributed by atoms with van der Waals surface area (Å²) in [4.78, 5) is 36.0. The molecule has 2 N–H and O–H groups in total. The highest BCUT2D eigenvalue weighted by molar-refractivity contribution is 5.96. The summed E-state index contributed by atoms with van der Waals surface area (Å²) in [5.41, 5.74) is 8.80. The minimum absolute atomic E-state index is 0.0265. The van der Waals surface area contributed by atoms with Crippen LogP contribution in [0.5, 0.6) is 0 Å². The third kappa shape index (κ3) is 24.6. The van der Waals surface area contributed by atoms with E-state index in [4.69, 9.17) is 4.98 Å². The van der Waals surface area contributed by atoms with Crippen molar-refractivity contribution in [2.24, 2.45) is 0 Å². The highest BCUT2D eigenvalue weighted by Crippen LogP contribution is 2.25. The highest BCUT2D eigenvalue weighted by atomic mass is 19.1. The van der Waals surface area contributed by atoms with Crippen LogP contribution >= 0.6 is 0 Å². The van der Waals surface area contributed by atoms with Gasteiger partial charge in [-0.2, -0.15) is 0 Å². The number of likely N-dealkylation sites (tertiary alicyclic amines) is 1. The number of carbonyl (C=O) groups excluding carboxylic acids is 2. The summed E-state index contributed by atoms with van der Waals surface area (Å²) in [6, 6.07) is 16.3. The van der Waals surface area contributed by atoms with E-state index in [0.29, 0.717) is 11.1 Å². The van der Waals surface area contributed by atoms with E-state index in [2.05, 4.69) is 107 Å². The molecule has 8 heteroatoms. The fraction of sp³-hybridized carbons (Fsp3) is 0.393. The minimum Gasteiger partial charge on any atom is -0.356 e. The number of carbonyl (C=O) groups is 2. The summed E-state index contributed by atoms with van der Waals surface area (Å²) < 4.78 is 10.6. The third-order valence-electron chi connectivity index (χ3n) is 10.4. The number of piperidine rings is 2. The number of nitrogens with one attached hydrogen (secondary N) is 2. The summed E-state index contributed by atoms with van der Waals surface area (Å²) in [6.07, 6.45) is 28.4. The number of hydrogen-bond acceptors (Lipinski definition) is 5. The first-order chi connectivity index (χ1) is 33.3. The van der Waals surface area contributed by atoms with Crippen molar-refractivity contribution in [2.45, 2.75) is 126 Å². The number of aromatic nitrogens is 1. The molecule has 7 nitrogen and oxygen atoms in total. The Balaban J connectivity index is 0.00000254. The molecule has 3 heterocycles. The van der Waals surface area contributed by atoms with Gasteiger partial charge < -0.3 is 15.5 Å². The van der Waals surface area contributed by atoms with Crippen LogP contribution in [0.1, 0.15) is 142 Å². The first kappa shape index (κ1) is 62.9. The lowest BCUT2D eigenvalue weighted by molar-refractivity contribution is 0.0906. The van der Waals surface area contributed by atoms with E-state index in [0.717, 1.165) is 97.6 Å². The van der Waals surface area contributed by atoms with Crippen LogP contribution in [-0.2, 0) is 6.54 Å². The largest absolute Gasteiger partial charge is 0.356 e. The number of nitrogens with zero attached hydrogens (tertiary/aromatic N) is 3. The number of benzene rings is 2. The SMILES string of the molecule is C=C/C(=C\C=C/C)c1cc(C(=O)NC2CCN(Cc3ccc(N4CCC(NC(=O)c5ccc(C)c(/C(C=C)=C/C=C\C)c5)CC4)nc3)CC2)ccc1C.C=CC.C=CC.C=CCF.CCC.CCC. The molecule has 2 aromatic carbocycles. The molecular weight excluding hydrogens is 854 g/mol. The van der Waals surface area contributed by atoms with E-state index >= 15 is 0 Å². The number of pyridine rings is 1. The van der Waals surface area contributed by atoms with Gasteiger partial charge in [0.25, 0.3) is 11.8 Å². The lowest BCUT2D eigenvalue weighted by Crippen LogP contribution is -2.45. The van der Waals surface area contributed by atoms with Crippen molar-refractivity contribution in [1.29, 1.82) is 0 Å². The Morgan fingerprint density at radius 1 is 0.667 bits per heavy atom. The van der Waals surface area contributed by atoms with E-state index in [9.17, 15) is 14.0 Å². The Hall–Kier alpha value is -6.12. The van der Waals surface area contributed by atoms with Gasteiger partial charge in [-0.05, 0) is 137 Å². The molecule has 0 saturated carbocycles. The quantitative estimate of drug-likeness (QED) is 0.124. The van der Waals surface area contributed by atoms with Crippen molar-refractivity contribution in [3.8, 4) is 0 Å². The molecule has 0 spiro atoms. The molecule has 0 bridgehead atoms. The lowest BCUT2D eigenvalue weighted by atomic mass is 9.96. The van der Waals surface area contributed by atoms with E-state index in [1.54, 1.807) is 12.2 Å². The average molecular weight is 942 g/mol. The summed E-state index contributed by atoms with van der Waals surface area (Å²) >= 11 is 0. The predicted octanol–water partition coefficient (Wildman–Crippen LogP) is 15.1. The van der Waals surface area contributed by atoms with Crippen LogP contribution < -0.4 is 15.5 Å². The number of anilines is 1. The molecular formula is C61H88FN5O2. The van der Waals surface area contributed by atoms with Crippen LogP contribution in [0.4, 0.5) is 10.2 Å². The van der Waals surface area contributed by atoms with Gasteiger partial charge in [0, 0.05) is 62.1 Å². The van der Waals surface area contributed by atoms with E-state index < -0.39 is 6.67 Å². The maximum atomic E-state index is 13.2. The van der Waals surface area contributed by atoms with Gasteiger partial charge in [0.05, 0.1) is 0 Å². The summed E-state index contributed by atoms with van der Waals surface area (Å²) in [5.74, 6) is 0.912. The van der Waals surface area contributed by atoms with Crippen LogP contribution in [0, 0.1) is 13.8 Å². The second-order valence-electron chi connectivity index (χ2n) is 16.7. The van der Waals surface area contributed by atoms with Crippen LogP contribution in [0.25, 0.3) is 11.1 Å². The van der Waals surface area contributed by atoms with Gasteiger partial charge in [0.2, 0.25) is 0 Å². The molecule has 69 heavy (non-hydrogen) atoms. The fourth-order valence-corrected chi connectivity index (χ4v) is 7.07. The van der Waals surface area contributed by atoms with Crippen LogP contribution in [0.2, 0.25) is 0 Å². The first-order valence-corrected chi connectivity index (χ1v) is 24.8. The fourth-order valence-electron chi connectivity index (χ4n) is 7.07. The monoisotopic (exact) mass is 942 g/mol. The molecule has 1 aromatic heterocycles. The molecule has 376 valence electrons. The van der Waals surface area contributed by atoms with Gasteiger partial charge >= 0.3 is 0 Å². The summed E-state index contributed by atoms with van der Waals surface area (Å²) in [5, 5.41) is 6.54. The second-order valence-corrected chi connectivity index (χ2v) is 16.7. The minimum atomic E-state index is -0.417. The Labute approximate surface area is 419 Å². The standard InChI is InChI=1S/C46H55N5O2.C3H5F.2C3H8.2C3H6/c1-7-11-13-36(9-3)42-29-38(18-15-33(42)5)45(52)48-40-21-25-50(26-22-40)32-35-17-20-44(47-31-35)51-27-23-41(24-28-51)49-46(53)39-19-16-34(6)43(30-39)37(10-4)14-12-8-2;1-2-3-4;4*1-3-2/h7-20,29-31,40-41H,3-4,21-28,32H2,1-2,5-6H3,(H,48,52)(H,49,53);2H,1,3H2;2*3H2,1-2H3;2*3H,1H2,2H3/b11-7-,12-8-,36-13+,37-14+;;;;;. The third-order valence-corrected chi connectivity index (χ3v) is 10.4. The zero-order chi connectivity index (χ0) is 52.0. The van der Waals surface area contributed by atoms with Gasteiger partial charge in [0.1, 0.15) is 12.5 Å². The van der Waals surface area contributed by atoms with Gasteiger partial charge in [-0.3, -0.25) is 14.5 Å². The first-order valence-electron chi connectivity index (χ1n) is 24.8. The number of alkyl halides is 1. The molecule has 0 radical (unpaired) electrons. The molecule has 2 amide bonds. The highest BCUT2D eigenvalue weighted by Gasteiger charge is 2.24. The molecule has 0 aliphatic carbocycles. The van der Waals surface area contributed by atoms with Crippen molar-refractivity contribution >= 4 is 28.8 Å². The number of halogens is 1. The Bertz CT molecular complexity index is 2090. The van der Waals surface area contributed by atoms with Crippen LogP contribution in [0.15, 0.2) is 154 Å². The Morgan fingerprint density at radius 2 is 1.06 bits per heavy atom. The van der Waals surface area contributed by atoms with Crippen LogP contribution in [0.3, 0.4) is 0 Å². The van der Waals surface area contributed by atoms with Crippen molar-refractivity contribution in [1.82, 2.24) is 20.5 Å². The van der Waals surface area contributed by atoms with Gasteiger partial charge in [-0.25, -0.2) is 9.37 Å². The van der Waals surface area contributed by atoms with Crippen molar-refractivity contribution < 1.29 is 14.0 Å². The zero-order valence-corrected chi connectivity index (χ0v) is 44.3. The molecule has 0 unspecified atom stereocenters. The second kappa shape index (κ2) is 38.8. The smallest absolute Gasteiger partial charge is 0.251 e. The molecule has 2 aliphatic rings. The van der Waals surface area contributed by atoms with Gasteiger partial charge in [-0.1, -0.05) is 139 Å². The van der Waals surface area contributed by atoms with E-state index in [-0.39, 0.29) is 23.9 Å². The molecule has 2 saturated heterocycles. The van der Waals surface area contributed by atoms with E-state index in [1.807, 2.05) is 119 Å². The van der Waals surface area contributed by atoms with Gasteiger partial charge in [0.15, 0.2) is 0 Å².